The smallest absolute Gasteiger partial charge is 0.345 e. The van der Waals surface area contributed by atoms with Crippen molar-refractivity contribution >= 4 is 23.2 Å². The van der Waals surface area contributed by atoms with Gasteiger partial charge in [-0.1, -0.05) is 30.4 Å². The molecule has 0 radical (unpaired) electrons. The van der Waals surface area contributed by atoms with Crippen molar-refractivity contribution in [2.24, 2.45) is 0 Å². The number of nitrogens with one attached hydrogen (secondary N) is 1. The van der Waals surface area contributed by atoms with Crippen LogP contribution in [0.5, 0.6) is 0 Å². The molecule has 3 aromatic rings. The van der Waals surface area contributed by atoms with E-state index in [0.717, 1.165) is 5.39 Å². The fourth-order valence-corrected chi connectivity index (χ4v) is 2.19. The summed E-state index contributed by atoms with van der Waals surface area (Å²) < 4.78 is 5.57. The molecule has 0 spiro atoms. The Balaban J connectivity index is 2.27. The summed E-state index contributed by atoms with van der Waals surface area (Å²) in [5.74, 6) is 0. The largest absolute Gasteiger partial charge is 0.422 e. The van der Waals surface area contributed by atoms with Gasteiger partial charge in [-0.25, -0.2) is 4.79 Å². The molecule has 0 aliphatic carbocycles. The van der Waals surface area contributed by atoms with Gasteiger partial charge in [0.15, 0.2) is 0 Å². The Hall–Kier alpha value is -2.71. The minimum Gasteiger partial charge on any atom is -0.422 e. The normalized spacial score (nSPS) is 10.3. The molecule has 0 bridgehead atoms. The average Bonchev–Trinajstić information content (AvgIpc) is 2.46. The fraction of sp³-hybridized carbons (Fsp3) is 0. The topological polar surface area (TPSA) is 69.8 Å². The molecule has 1 aromatic carbocycles. The molecule has 2 aromatic heterocycles. The predicted molar refractivity (Wildman–Crippen MR) is 77.8 cm³/mol. The van der Waals surface area contributed by atoms with Crippen LogP contribution < -0.4 is 5.63 Å². The lowest BCUT2D eigenvalue weighted by Crippen LogP contribution is -2.04. The van der Waals surface area contributed by atoms with E-state index >= 15 is 0 Å². The molecule has 20 heavy (non-hydrogen) atoms. The maximum Gasteiger partial charge on any atom is 0.345 e. The zero-order chi connectivity index (χ0) is 14.1. The van der Waals surface area contributed by atoms with Crippen LogP contribution in [0.4, 0.5) is 0 Å². The molecule has 0 saturated carbocycles. The first-order valence-electron chi connectivity index (χ1n) is 5.86. The number of hydrogen-bond donors (Lipinski definition) is 1. The highest BCUT2D eigenvalue weighted by atomic mass is 32.1. The van der Waals surface area contributed by atoms with Crippen molar-refractivity contribution in [3.05, 3.63) is 63.1 Å². The highest BCUT2D eigenvalue weighted by molar-refractivity contribution is 7.71. The highest BCUT2D eigenvalue weighted by Gasteiger charge is 2.08. The molecule has 3 rings (SSSR count). The molecular weight excluding hydrogens is 272 g/mol. The Kier molecular flexibility index (Phi) is 2.93. The number of hydrogen-bond acceptors (Lipinski definition) is 4. The molecule has 0 amide bonds. The molecular formula is C15H8N2O2S. The van der Waals surface area contributed by atoms with Crippen LogP contribution in [0.1, 0.15) is 5.56 Å². The summed E-state index contributed by atoms with van der Waals surface area (Å²) in [7, 11) is 0. The molecule has 0 unspecified atom stereocenters. The third-order valence-electron chi connectivity index (χ3n) is 2.96. The summed E-state index contributed by atoms with van der Waals surface area (Å²) >= 11 is 5.07. The maximum absolute atomic E-state index is 12.0. The summed E-state index contributed by atoms with van der Waals surface area (Å²) in [6, 6.07) is 14.2. The van der Waals surface area contributed by atoms with Gasteiger partial charge in [-0.2, -0.15) is 5.26 Å². The molecule has 1 N–H and O–H groups in total. The van der Waals surface area contributed by atoms with Gasteiger partial charge < -0.3 is 9.40 Å². The minimum absolute atomic E-state index is 0.303. The molecule has 5 heteroatoms. The van der Waals surface area contributed by atoms with E-state index in [-0.39, 0.29) is 0 Å². The zero-order valence-electron chi connectivity index (χ0n) is 10.2. The van der Waals surface area contributed by atoms with E-state index < -0.39 is 5.63 Å². The number of nitriles is 1. The Morgan fingerprint density at radius 1 is 1.20 bits per heavy atom. The maximum atomic E-state index is 12.0. The molecule has 0 aliphatic heterocycles. The number of rotatable bonds is 1. The van der Waals surface area contributed by atoms with Gasteiger partial charge in [0.05, 0.1) is 16.8 Å². The lowest BCUT2D eigenvalue weighted by atomic mass is 10.1. The summed E-state index contributed by atoms with van der Waals surface area (Å²) in [6.45, 7) is 0. The van der Waals surface area contributed by atoms with Gasteiger partial charge in [0.1, 0.15) is 16.3 Å². The number of benzene rings is 1. The zero-order valence-corrected chi connectivity index (χ0v) is 11.0. The standard InChI is InChI=1S/C15H8N2O2S/c16-8-10-5-6-12(17-14(10)20)11-7-9-3-1-2-4-13(9)19-15(11)18/h1-7H,(H,17,20). The molecule has 0 aliphatic rings. The third-order valence-corrected chi connectivity index (χ3v) is 3.28. The minimum atomic E-state index is -0.445. The first kappa shape index (κ1) is 12.3. The number of fused-ring (bicyclic) bond motifs is 1. The molecule has 4 nitrogen and oxygen atoms in total. The van der Waals surface area contributed by atoms with Gasteiger partial charge in [0.25, 0.3) is 0 Å². The Morgan fingerprint density at radius 3 is 2.75 bits per heavy atom. The van der Waals surface area contributed by atoms with Crippen molar-refractivity contribution in [2.75, 3.05) is 0 Å². The highest BCUT2D eigenvalue weighted by Crippen LogP contribution is 2.19. The van der Waals surface area contributed by atoms with Crippen LogP contribution in [0.15, 0.2) is 51.7 Å². The van der Waals surface area contributed by atoms with Crippen molar-refractivity contribution in [1.82, 2.24) is 4.98 Å². The quantitative estimate of drug-likeness (QED) is 0.548. The van der Waals surface area contributed by atoms with Crippen molar-refractivity contribution in [3.63, 3.8) is 0 Å². The fourth-order valence-electron chi connectivity index (χ4n) is 1.97. The van der Waals surface area contributed by atoms with Crippen molar-refractivity contribution in [2.45, 2.75) is 0 Å². The molecule has 0 fully saturated rings. The first-order chi connectivity index (χ1) is 9.69. The van der Waals surface area contributed by atoms with Gasteiger partial charge >= 0.3 is 5.63 Å². The van der Waals surface area contributed by atoms with Gasteiger partial charge in [-0.15, -0.1) is 0 Å². The number of para-hydroxylation sites is 1. The van der Waals surface area contributed by atoms with E-state index in [2.05, 4.69) is 4.98 Å². The van der Waals surface area contributed by atoms with Crippen LogP contribution in [-0.4, -0.2) is 4.98 Å². The summed E-state index contributed by atoms with van der Waals surface area (Å²) in [5, 5.41) is 9.68. The van der Waals surface area contributed by atoms with E-state index in [4.69, 9.17) is 21.9 Å². The number of pyridine rings is 1. The molecule has 2 heterocycles. The average molecular weight is 280 g/mol. The van der Waals surface area contributed by atoms with Crippen LogP contribution in [0, 0.1) is 16.0 Å². The molecule has 0 atom stereocenters. The van der Waals surface area contributed by atoms with Crippen molar-refractivity contribution < 1.29 is 4.42 Å². The Morgan fingerprint density at radius 2 is 2.00 bits per heavy atom. The first-order valence-corrected chi connectivity index (χ1v) is 6.26. The SMILES string of the molecule is N#Cc1ccc(-c2cc3ccccc3oc2=O)[nH]c1=S. The van der Waals surface area contributed by atoms with E-state index in [0.29, 0.717) is 27.0 Å². The Bertz CT molecular complexity index is 964. The summed E-state index contributed by atoms with van der Waals surface area (Å²) in [5.41, 5.74) is 1.38. The number of H-pyrrole nitrogens is 1. The number of aromatic nitrogens is 1. The van der Waals surface area contributed by atoms with Crippen LogP contribution in [0.3, 0.4) is 0 Å². The lowest BCUT2D eigenvalue weighted by molar-refractivity contribution is 0.563. The molecule has 96 valence electrons. The number of nitrogens with zero attached hydrogens (tertiary/aromatic N) is 1. The predicted octanol–water partition coefficient (Wildman–Crippen LogP) is 3.39. The summed E-state index contributed by atoms with van der Waals surface area (Å²) in [4.78, 5) is 14.9. The lowest BCUT2D eigenvalue weighted by Gasteiger charge is -2.03. The second-order valence-electron chi connectivity index (χ2n) is 4.21. The molecule has 0 saturated heterocycles. The van der Waals surface area contributed by atoms with Gasteiger partial charge in [-0.3, -0.25) is 0 Å². The Labute approximate surface area is 118 Å². The second kappa shape index (κ2) is 4.76. The monoisotopic (exact) mass is 280 g/mol. The summed E-state index contributed by atoms with van der Waals surface area (Å²) in [6.07, 6.45) is 0. The van der Waals surface area contributed by atoms with Crippen LogP contribution in [-0.2, 0) is 0 Å². The van der Waals surface area contributed by atoms with Crippen LogP contribution in [0.25, 0.3) is 22.2 Å². The van der Waals surface area contributed by atoms with E-state index in [9.17, 15) is 4.79 Å². The van der Waals surface area contributed by atoms with Crippen LogP contribution in [0.2, 0.25) is 0 Å². The van der Waals surface area contributed by atoms with Crippen molar-refractivity contribution in [1.29, 1.82) is 5.26 Å². The van der Waals surface area contributed by atoms with Gasteiger partial charge in [0, 0.05) is 5.39 Å². The van der Waals surface area contributed by atoms with Gasteiger partial charge in [-0.05, 0) is 24.3 Å². The van der Waals surface area contributed by atoms with Crippen LogP contribution >= 0.6 is 12.2 Å². The van der Waals surface area contributed by atoms with E-state index in [1.807, 2.05) is 18.2 Å². The van der Waals surface area contributed by atoms with Crippen molar-refractivity contribution in [3.8, 4) is 17.3 Å². The van der Waals surface area contributed by atoms with E-state index in [1.54, 1.807) is 30.3 Å². The second-order valence-corrected chi connectivity index (χ2v) is 4.62. The number of aromatic amines is 1. The third kappa shape index (κ3) is 2.02. The van der Waals surface area contributed by atoms with Gasteiger partial charge in [0.2, 0.25) is 0 Å². The van der Waals surface area contributed by atoms with E-state index in [1.165, 1.54) is 0 Å².